The van der Waals surface area contributed by atoms with Crippen molar-refractivity contribution in [1.82, 2.24) is 0 Å². The number of carbonyl (C=O) groups is 1. The van der Waals surface area contributed by atoms with Crippen molar-refractivity contribution in [3.8, 4) is 0 Å². The largest absolute Gasteiger partial charge is 0.361 e. The number of nitrogens with zero attached hydrogens (tertiary/aromatic N) is 1. The van der Waals surface area contributed by atoms with Crippen LogP contribution < -0.4 is 4.90 Å². The van der Waals surface area contributed by atoms with Crippen molar-refractivity contribution in [2.75, 3.05) is 11.4 Å². The molecule has 0 aliphatic carbocycles. The van der Waals surface area contributed by atoms with Crippen LogP contribution in [0.15, 0.2) is 48.5 Å². The number of fused-ring (bicyclic) bond motifs is 1. The van der Waals surface area contributed by atoms with Gasteiger partial charge in [0.1, 0.15) is 5.82 Å². The molecule has 21 heavy (non-hydrogen) atoms. The van der Waals surface area contributed by atoms with Gasteiger partial charge in [0, 0.05) is 18.2 Å². The maximum Gasteiger partial charge on any atom is 0.156 e. The fourth-order valence-electron chi connectivity index (χ4n) is 2.95. The minimum absolute atomic E-state index is 0.158. The highest BCUT2D eigenvalue weighted by Crippen LogP contribution is 2.31. The molecule has 0 radical (unpaired) electrons. The van der Waals surface area contributed by atoms with Crippen LogP contribution in [0.1, 0.15) is 18.1 Å². The molecule has 2 aromatic rings. The summed E-state index contributed by atoms with van der Waals surface area (Å²) >= 11 is 0. The molecule has 0 fully saturated rings. The summed E-state index contributed by atoms with van der Waals surface area (Å²) in [5.74, 6) is -0.113. The van der Waals surface area contributed by atoms with Gasteiger partial charge in [0.15, 0.2) is 5.78 Å². The van der Waals surface area contributed by atoms with Gasteiger partial charge in [-0.1, -0.05) is 30.3 Å². The first kappa shape index (κ1) is 13.8. The number of para-hydroxylation sites is 1. The van der Waals surface area contributed by atoms with E-state index in [4.69, 9.17) is 0 Å². The van der Waals surface area contributed by atoms with E-state index in [1.165, 1.54) is 17.7 Å². The lowest BCUT2D eigenvalue weighted by molar-refractivity contribution is -0.117. The molecule has 2 aromatic carbocycles. The third-order valence-electron chi connectivity index (χ3n) is 4.01. The van der Waals surface area contributed by atoms with Gasteiger partial charge in [0.05, 0.1) is 6.54 Å². The molecule has 3 rings (SSSR count). The van der Waals surface area contributed by atoms with Crippen molar-refractivity contribution < 1.29 is 9.18 Å². The van der Waals surface area contributed by atoms with Crippen LogP contribution in [-0.2, 0) is 17.6 Å². The van der Waals surface area contributed by atoms with Gasteiger partial charge in [0.25, 0.3) is 0 Å². The lowest BCUT2D eigenvalue weighted by Gasteiger charge is -2.24. The third-order valence-corrected chi connectivity index (χ3v) is 4.01. The highest BCUT2D eigenvalue weighted by Gasteiger charge is 2.26. The average molecular weight is 283 g/mol. The molecular formula is C18H18FNO. The van der Waals surface area contributed by atoms with Gasteiger partial charge in [-0.2, -0.15) is 0 Å². The number of hydrogen-bond acceptors (Lipinski definition) is 2. The molecule has 0 N–H and O–H groups in total. The number of anilines is 1. The number of ketones is 1. The fraction of sp³-hybridized carbons (Fsp3) is 0.278. The molecule has 1 aliphatic heterocycles. The summed E-state index contributed by atoms with van der Waals surface area (Å²) in [7, 11) is 0. The van der Waals surface area contributed by atoms with E-state index >= 15 is 0 Å². The Bertz CT molecular complexity index is 651. The number of hydrogen-bond donors (Lipinski definition) is 0. The SMILES string of the molecule is CC1Cc2ccccc2N1CC(=O)Cc1ccc(F)cc1. The summed E-state index contributed by atoms with van der Waals surface area (Å²) in [6.45, 7) is 2.56. The monoisotopic (exact) mass is 283 g/mol. The number of halogens is 1. The summed E-state index contributed by atoms with van der Waals surface area (Å²) < 4.78 is 12.9. The molecule has 1 atom stereocenters. The number of carbonyl (C=O) groups excluding carboxylic acids is 1. The zero-order valence-corrected chi connectivity index (χ0v) is 12.1. The average Bonchev–Trinajstić information content (AvgIpc) is 2.78. The lowest BCUT2D eigenvalue weighted by Crippen LogP contribution is -2.35. The van der Waals surface area contributed by atoms with Gasteiger partial charge in [-0.3, -0.25) is 4.79 Å². The van der Waals surface area contributed by atoms with E-state index in [1.807, 2.05) is 12.1 Å². The van der Waals surface area contributed by atoms with Crippen molar-refractivity contribution in [3.05, 3.63) is 65.5 Å². The Kier molecular flexibility index (Phi) is 3.74. The molecule has 1 unspecified atom stereocenters. The van der Waals surface area contributed by atoms with E-state index in [-0.39, 0.29) is 11.6 Å². The number of rotatable bonds is 4. The van der Waals surface area contributed by atoms with E-state index in [0.29, 0.717) is 19.0 Å². The molecule has 0 saturated heterocycles. The molecule has 0 saturated carbocycles. The molecule has 0 amide bonds. The van der Waals surface area contributed by atoms with Crippen LogP contribution in [0.3, 0.4) is 0 Å². The standard InChI is InChI=1S/C18H18FNO/c1-13-10-15-4-2-3-5-18(15)20(13)12-17(21)11-14-6-8-16(19)9-7-14/h2-9,13H,10-12H2,1H3. The Morgan fingerprint density at radius 2 is 1.90 bits per heavy atom. The molecule has 2 nitrogen and oxygen atoms in total. The minimum atomic E-state index is -0.270. The quantitative estimate of drug-likeness (QED) is 0.857. The van der Waals surface area contributed by atoms with Gasteiger partial charge < -0.3 is 4.90 Å². The van der Waals surface area contributed by atoms with Crippen LogP contribution >= 0.6 is 0 Å². The summed E-state index contributed by atoms with van der Waals surface area (Å²) in [5, 5.41) is 0. The van der Waals surface area contributed by atoms with Crippen molar-refractivity contribution in [1.29, 1.82) is 0 Å². The summed E-state index contributed by atoms with van der Waals surface area (Å²) in [6.07, 6.45) is 1.34. The fourth-order valence-corrected chi connectivity index (χ4v) is 2.95. The van der Waals surface area contributed by atoms with E-state index in [1.54, 1.807) is 12.1 Å². The maximum absolute atomic E-state index is 12.9. The second-order valence-electron chi connectivity index (χ2n) is 5.65. The summed E-state index contributed by atoms with van der Waals surface area (Å²) in [6, 6.07) is 14.7. The molecule has 0 bridgehead atoms. The van der Waals surface area contributed by atoms with Crippen LogP contribution in [0, 0.1) is 5.82 Å². The first-order valence-corrected chi connectivity index (χ1v) is 7.24. The van der Waals surface area contributed by atoms with Crippen LogP contribution in [-0.4, -0.2) is 18.4 Å². The van der Waals surface area contributed by atoms with Gasteiger partial charge in [0.2, 0.25) is 0 Å². The highest BCUT2D eigenvalue weighted by molar-refractivity contribution is 5.86. The Morgan fingerprint density at radius 3 is 2.67 bits per heavy atom. The molecule has 0 spiro atoms. The van der Waals surface area contributed by atoms with Gasteiger partial charge in [-0.15, -0.1) is 0 Å². The maximum atomic E-state index is 12.9. The van der Waals surface area contributed by atoms with Crippen LogP contribution in [0.25, 0.3) is 0 Å². The predicted molar refractivity (Wildman–Crippen MR) is 82.1 cm³/mol. The molecule has 1 heterocycles. The lowest BCUT2D eigenvalue weighted by atomic mass is 10.1. The van der Waals surface area contributed by atoms with Crippen LogP contribution in [0.2, 0.25) is 0 Å². The number of Topliss-reactive ketones (excluding diaryl/α,β-unsaturated/α-hetero) is 1. The first-order valence-electron chi connectivity index (χ1n) is 7.24. The zero-order chi connectivity index (χ0) is 14.8. The smallest absolute Gasteiger partial charge is 0.156 e. The van der Waals surface area contributed by atoms with Crippen molar-refractivity contribution in [2.24, 2.45) is 0 Å². The van der Waals surface area contributed by atoms with Gasteiger partial charge in [-0.25, -0.2) is 4.39 Å². The van der Waals surface area contributed by atoms with Gasteiger partial charge in [-0.05, 0) is 42.7 Å². The highest BCUT2D eigenvalue weighted by atomic mass is 19.1. The van der Waals surface area contributed by atoms with Crippen molar-refractivity contribution in [3.63, 3.8) is 0 Å². The minimum Gasteiger partial charge on any atom is -0.361 e. The van der Waals surface area contributed by atoms with E-state index in [2.05, 4.69) is 24.0 Å². The Morgan fingerprint density at radius 1 is 1.19 bits per heavy atom. The Hall–Kier alpha value is -2.16. The second-order valence-corrected chi connectivity index (χ2v) is 5.65. The zero-order valence-electron chi connectivity index (χ0n) is 12.1. The van der Waals surface area contributed by atoms with Gasteiger partial charge >= 0.3 is 0 Å². The number of benzene rings is 2. The van der Waals surface area contributed by atoms with Crippen molar-refractivity contribution in [2.45, 2.75) is 25.8 Å². The summed E-state index contributed by atoms with van der Waals surface area (Å²) in [5.41, 5.74) is 3.33. The summed E-state index contributed by atoms with van der Waals surface area (Å²) in [4.78, 5) is 14.4. The van der Waals surface area contributed by atoms with Crippen molar-refractivity contribution >= 4 is 11.5 Å². The second kappa shape index (κ2) is 5.68. The Labute approximate surface area is 124 Å². The van der Waals surface area contributed by atoms with E-state index in [9.17, 15) is 9.18 Å². The molecular weight excluding hydrogens is 265 g/mol. The molecule has 1 aliphatic rings. The third kappa shape index (κ3) is 2.97. The predicted octanol–water partition coefficient (Wildman–Crippen LogP) is 3.39. The molecule has 3 heteroatoms. The van der Waals surface area contributed by atoms with E-state index < -0.39 is 0 Å². The topological polar surface area (TPSA) is 20.3 Å². The first-order chi connectivity index (χ1) is 10.1. The molecule has 108 valence electrons. The Balaban J connectivity index is 1.69. The van der Waals surface area contributed by atoms with Crippen LogP contribution in [0.4, 0.5) is 10.1 Å². The normalized spacial score (nSPS) is 16.9. The van der Waals surface area contributed by atoms with Crippen LogP contribution in [0.5, 0.6) is 0 Å². The van der Waals surface area contributed by atoms with E-state index in [0.717, 1.165) is 17.7 Å². The molecule has 0 aromatic heterocycles.